The molecule has 1 heterocycles. The van der Waals surface area contributed by atoms with Gasteiger partial charge in [0.25, 0.3) is 5.91 Å². The van der Waals surface area contributed by atoms with Gasteiger partial charge in [-0.05, 0) is 59.3 Å². The standard InChI is InChI=1S/C14H14BrN3O4/c1-9-12(15)6-7-13(16-9)17-14(19)8-22-11-4-2-10(3-5-11)18(20)21/h2-7,20-21H,8H2,1H3,(H,16,17,19). The zero-order chi connectivity index (χ0) is 16.1. The second kappa shape index (κ2) is 7.21. The maximum absolute atomic E-state index is 11.8. The molecule has 0 saturated heterocycles. The maximum atomic E-state index is 11.8. The molecule has 3 N–H and O–H groups in total. The lowest BCUT2D eigenvalue weighted by atomic mass is 10.3. The second-order valence-electron chi connectivity index (χ2n) is 4.38. The number of aryl methyl sites for hydroxylation is 1. The number of amides is 1. The average molecular weight is 368 g/mol. The first-order valence-corrected chi connectivity index (χ1v) is 7.09. The number of hydrogen-bond acceptors (Lipinski definition) is 6. The summed E-state index contributed by atoms with van der Waals surface area (Å²) in [6, 6.07) is 9.39. The summed E-state index contributed by atoms with van der Waals surface area (Å²) in [6.07, 6.45) is 0. The summed E-state index contributed by atoms with van der Waals surface area (Å²) in [7, 11) is 0. The Kier molecular flexibility index (Phi) is 5.31. The number of rotatable bonds is 5. The van der Waals surface area contributed by atoms with Crippen LogP contribution in [0.1, 0.15) is 5.69 Å². The molecule has 0 aliphatic carbocycles. The molecule has 1 aromatic heterocycles. The highest BCUT2D eigenvalue weighted by atomic mass is 79.9. The van der Waals surface area contributed by atoms with Gasteiger partial charge in [0.1, 0.15) is 11.6 Å². The Labute approximate surface area is 135 Å². The number of aromatic nitrogens is 1. The molecule has 0 bridgehead atoms. The summed E-state index contributed by atoms with van der Waals surface area (Å²) in [5, 5.41) is 20.2. The first kappa shape index (κ1) is 16.2. The van der Waals surface area contributed by atoms with Gasteiger partial charge in [-0.25, -0.2) is 4.98 Å². The van der Waals surface area contributed by atoms with Gasteiger partial charge in [-0.2, -0.15) is 0 Å². The molecular weight excluding hydrogens is 354 g/mol. The van der Waals surface area contributed by atoms with Gasteiger partial charge >= 0.3 is 0 Å². The van der Waals surface area contributed by atoms with Crippen molar-refractivity contribution in [2.75, 3.05) is 17.2 Å². The molecule has 0 atom stereocenters. The fourth-order valence-electron chi connectivity index (χ4n) is 1.62. The summed E-state index contributed by atoms with van der Waals surface area (Å²) in [5.41, 5.74) is 0.957. The SMILES string of the molecule is Cc1nc(NC(=O)COc2ccc(N(O)O)cc2)ccc1Br. The van der Waals surface area contributed by atoms with Gasteiger partial charge in [-0.1, -0.05) is 0 Å². The number of anilines is 2. The minimum Gasteiger partial charge on any atom is -0.484 e. The Morgan fingerprint density at radius 3 is 2.55 bits per heavy atom. The fraction of sp³-hybridized carbons (Fsp3) is 0.143. The average Bonchev–Trinajstić information content (AvgIpc) is 2.49. The van der Waals surface area contributed by atoms with Crippen molar-refractivity contribution in [2.45, 2.75) is 6.92 Å². The number of hydrogen-bond donors (Lipinski definition) is 3. The summed E-state index contributed by atoms with van der Waals surface area (Å²) >= 11 is 3.33. The lowest BCUT2D eigenvalue weighted by Crippen LogP contribution is -2.21. The van der Waals surface area contributed by atoms with E-state index in [1.807, 2.05) is 6.92 Å². The first-order chi connectivity index (χ1) is 10.5. The third-order valence-electron chi connectivity index (χ3n) is 2.73. The number of ether oxygens (including phenoxy) is 1. The van der Waals surface area contributed by atoms with Crippen molar-refractivity contribution in [3.05, 3.63) is 46.6 Å². The van der Waals surface area contributed by atoms with Gasteiger partial charge in [0.2, 0.25) is 0 Å². The normalized spacial score (nSPS) is 10.2. The molecule has 1 aromatic carbocycles. The van der Waals surface area contributed by atoms with Gasteiger partial charge in [0.15, 0.2) is 6.61 Å². The number of nitrogens with one attached hydrogen (secondary N) is 1. The van der Waals surface area contributed by atoms with E-state index in [4.69, 9.17) is 15.2 Å². The third kappa shape index (κ3) is 4.42. The molecule has 0 spiro atoms. The Bertz CT molecular complexity index is 662. The highest BCUT2D eigenvalue weighted by molar-refractivity contribution is 9.10. The molecule has 0 unspecified atom stereocenters. The van der Waals surface area contributed by atoms with Gasteiger partial charge in [0, 0.05) is 4.47 Å². The fourth-order valence-corrected chi connectivity index (χ4v) is 1.84. The zero-order valence-electron chi connectivity index (χ0n) is 11.7. The van der Waals surface area contributed by atoms with Crippen molar-refractivity contribution in [3.63, 3.8) is 0 Å². The van der Waals surface area contributed by atoms with Crippen molar-refractivity contribution in [1.82, 2.24) is 4.98 Å². The minimum absolute atomic E-state index is 0.00196. The molecule has 0 fully saturated rings. The number of carbonyl (C=O) groups is 1. The van der Waals surface area contributed by atoms with Gasteiger partial charge in [-0.3, -0.25) is 15.2 Å². The topological polar surface area (TPSA) is 94.9 Å². The Morgan fingerprint density at radius 2 is 1.95 bits per heavy atom. The van der Waals surface area contributed by atoms with Crippen molar-refractivity contribution in [2.24, 2.45) is 0 Å². The number of nitrogens with zero attached hydrogens (tertiary/aromatic N) is 2. The van der Waals surface area contributed by atoms with Crippen LogP contribution in [-0.2, 0) is 4.79 Å². The van der Waals surface area contributed by atoms with E-state index in [0.29, 0.717) is 11.6 Å². The molecule has 0 aliphatic heterocycles. The Morgan fingerprint density at radius 1 is 1.27 bits per heavy atom. The first-order valence-electron chi connectivity index (χ1n) is 6.29. The maximum Gasteiger partial charge on any atom is 0.263 e. The molecule has 2 aromatic rings. The van der Waals surface area contributed by atoms with Crippen LogP contribution in [0.4, 0.5) is 11.5 Å². The molecule has 0 aliphatic rings. The summed E-state index contributed by atoms with van der Waals surface area (Å²) < 4.78 is 6.16. The molecule has 22 heavy (non-hydrogen) atoms. The van der Waals surface area contributed by atoms with E-state index in [0.717, 1.165) is 10.2 Å². The predicted molar refractivity (Wildman–Crippen MR) is 83.3 cm³/mol. The van der Waals surface area contributed by atoms with Crippen molar-refractivity contribution in [3.8, 4) is 5.75 Å². The molecule has 0 radical (unpaired) electrons. The number of benzene rings is 1. The van der Waals surface area contributed by atoms with Crippen LogP contribution in [0.25, 0.3) is 0 Å². The van der Waals surface area contributed by atoms with Crippen LogP contribution in [-0.4, -0.2) is 27.9 Å². The van der Waals surface area contributed by atoms with Crippen LogP contribution in [0.15, 0.2) is 40.9 Å². The quantitative estimate of drug-likeness (QED) is 0.703. The molecule has 116 valence electrons. The van der Waals surface area contributed by atoms with E-state index >= 15 is 0 Å². The predicted octanol–water partition coefficient (Wildman–Crippen LogP) is 2.75. The summed E-state index contributed by atoms with van der Waals surface area (Å²) in [4.78, 5) is 16.0. The third-order valence-corrected chi connectivity index (χ3v) is 3.56. The minimum atomic E-state index is -0.343. The molecule has 8 heteroatoms. The van der Waals surface area contributed by atoms with Gasteiger partial charge < -0.3 is 10.1 Å². The lowest BCUT2D eigenvalue weighted by Gasteiger charge is -2.10. The highest BCUT2D eigenvalue weighted by Gasteiger charge is 2.06. The van der Waals surface area contributed by atoms with E-state index in [-0.39, 0.29) is 23.4 Å². The largest absolute Gasteiger partial charge is 0.484 e. The Hall–Kier alpha value is -2.16. The van der Waals surface area contributed by atoms with Gasteiger partial charge in [-0.15, -0.1) is 5.23 Å². The van der Waals surface area contributed by atoms with Crippen LogP contribution in [0, 0.1) is 6.92 Å². The number of carbonyl (C=O) groups excluding carboxylic acids is 1. The van der Waals surface area contributed by atoms with Crippen LogP contribution in [0.2, 0.25) is 0 Å². The molecule has 0 saturated carbocycles. The van der Waals surface area contributed by atoms with E-state index in [2.05, 4.69) is 26.2 Å². The molecule has 1 amide bonds. The van der Waals surface area contributed by atoms with Crippen LogP contribution in [0.5, 0.6) is 5.75 Å². The summed E-state index contributed by atoms with van der Waals surface area (Å²) in [5.74, 6) is 0.533. The monoisotopic (exact) mass is 367 g/mol. The van der Waals surface area contributed by atoms with Crippen molar-refractivity contribution in [1.29, 1.82) is 0 Å². The van der Waals surface area contributed by atoms with E-state index < -0.39 is 0 Å². The van der Waals surface area contributed by atoms with Crippen molar-refractivity contribution < 1.29 is 19.9 Å². The van der Waals surface area contributed by atoms with Crippen LogP contribution in [0.3, 0.4) is 0 Å². The highest BCUT2D eigenvalue weighted by Crippen LogP contribution is 2.18. The zero-order valence-corrected chi connectivity index (χ0v) is 13.2. The van der Waals surface area contributed by atoms with E-state index in [1.165, 1.54) is 24.3 Å². The van der Waals surface area contributed by atoms with Gasteiger partial charge in [0.05, 0.1) is 11.4 Å². The second-order valence-corrected chi connectivity index (χ2v) is 5.24. The van der Waals surface area contributed by atoms with Crippen LogP contribution < -0.4 is 15.3 Å². The van der Waals surface area contributed by atoms with E-state index in [1.54, 1.807) is 12.1 Å². The van der Waals surface area contributed by atoms with Crippen LogP contribution >= 0.6 is 15.9 Å². The number of pyridine rings is 1. The smallest absolute Gasteiger partial charge is 0.263 e. The van der Waals surface area contributed by atoms with E-state index in [9.17, 15) is 4.79 Å². The lowest BCUT2D eigenvalue weighted by molar-refractivity contribution is -0.118. The Balaban J connectivity index is 1.88. The van der Waals surface area contributed by atoms with Crippen molar-refractivity contribution >= 4 is 33.3 Å². The molecule has 7 nitrogen and oxygen atoms in total. The summed E-state index contributed by atoms with van der Waals surface area (Å²) in [6.45, 7) is 1.64. The molecule has 2 rings (SSSR count). The molecular formula is C14H14BrN3O4. The number of halogens is 1.